The number of aliphatic hydroxyl groups is 1. The molecule has 18 heavy (non-hydrogen) atoms. The first-order valence-electron chi connectivity index (χ1n) is 5.79. The second-order valence-corrected chi connectivity index (χ2v) is 6.24. The van der Waals surface area contributed by atoms with E-state index < -0.39 is 6.10 Å². The monoisotopic (exact) mass is 367 g/mol. The highest BCUT2D eigenvalue weighted by atomic mass is 127. The average molecular weight is 367 g/mol. The fourth-order valence-electron chi connectivity index (χ4n) is 1.27. The molecular formula is C13H19FINO2. The summed E-state index contributed by atoms with van der Waals surface area (Å²) in [6, 6.07) is 4.50. The molecule has 0 aromatic heterocycles. The van der Waals surface area contributed by atoms with E-state index in [1.54, 1.807) is 6.07 Å². The van der Waals surface area contributed by atoms with Crippen LogP contribution in [0.2, 0.25) is 0 Å². The molecule has 5 heteroatoms. The fourth-order valence-corrected chi connectivity index (χ4v) is 1.93. The van der Waals surface area contributed by atoms with Gasteiger partial charge in [-0.25, -0.2) is 4.39 Å². The molecule has 102 valence electrons. The largest absolute Gasteiger partial charge is 0.389 e. The zero-order valence-corrected chi connectivity index (χ0v) is 13.0. The summed E-state index contributed by atoms with van der Waals surface area (Å²) in [6.45, 7) is 6.47. The zero-order valence-electron chi connectivity index (χ0n) is 10.8. The normalized spacial score (nSPS) is 13.4. The van der Waals surface area contributed by atoms with Gasteiger partial charge in [-0.3, -0.25) is 0 Å². The van der Waals surface area contributed by atoms with Crippen molar-refractivity contribution in [1.29, 1.82) is 0 Å². The molecule has 0 spiro atoms. The molecule has 1 unspecified atom stereocenters. The minimum atomic E-state index is -0.593. The van der Waals surface area contributed by atoms with E-state index in [9.17, 15) is 9.50 Å². The maximum Gasteiger partial charge on any atom is 0.124 e. The Morgan fingerprint density at radius 1 is 1.44 bits per heavy atom. The topological polar surface area (TPSA) is 41.5 Å². The van der Waals surface area contributed by atoms with Gasteiger partial charge in [0.05, 0.1) is 18.3 Å². The molecule has 0 amide bonds. The first kappa shape index (κ1) is 15.7. The Balaban J connectivity index is 2.40. The van der Waals surface area contributed by atoms with Crippen molar-refractivity contribution in [2.45, 2.75) is 32.5 Å². The van der Waals surface area contributed by atoms with Crippen LogP contribution in [0, 0.1) is 9.39 Å². The highest BCUT2D eigenvalue weighted by Crippen LogP contribution is 2.19. The standard InChI is InChI=1S/C13H19FINO2/c1-13(2,3)18-8-10(17)7-16-12-5-4-9(14)6-11(12)15/h4-6,10,16-17H,7-8H2,1-3H3. The predicted molar refractivity (Wildman–Crippen MR) is 79.3 cm³/mol. The lowest BCUT2D eigenvalue weighted by Crippen LogP contribution is -2.30. The van der Waals surface area contributed by atoms with Crippen LogP contribution in [0.3, 0.4) is 0 Å². The minimum absolute atomic E-state index is 0.259. The van der Waals surface area contributed by atoms with Crippen LogP contribution in [-0.2, 0) is 4.74 Å². The molecule has 3 nitrogen and oxygen atoms in total. The molecule has 0 saturated carbocycles. The fraction of sp³-hybridized carbons (Fsp3) is 0.538. The van der Waals surface area contributed by atoms with E-state index in [0.29, 0.717) is 6.54 Å². The van der Waals surface area contributed by atoms with Gasteiger partial charge in [0.1, 0.15) is 5.82 Å². The van der Waals surface area contributed by atoms with E-state index in [1.807, 2.05) is 20.8 Å². The lowest BCUT2D eigenvalue weighted by atomic mass is 10.2. The van der Waals surface area contributed by atoms with Crippen LogP contribution in [0.15, 0.2) is 18.2 Å². The molecule has 0 saturated heterocycles. The van der Waals surface area contributed by atoms with Gasteiger partial charge >= 0.3 is 0 Å². The van der Waals surface area contributed by atoms with Crippen molar-refractivity contribution in [2.75, 3.05) is 18.5 Å². The van der Waals surface area contributed by atoms with Gasteiger partial charge in [0.15, 0.2) is 0 Å². The van der Waals surface area contributed by atoms with E-state index in [2.05, 4.69) is 27.9 Å². The Morgan fingerprint density at radius 2 is 2.11 bits per heavy atom. The molecule has 1 aromatic carbocycles. The number of anilines is 1. The van der Waals surface area contributed by atoms with Gasteiger partial charge in [0.25, 0.3) is 0 Å². The third kappa shape index (κ3) is 5.97. The Morgan fingerprint density at radius 3 is 2.67 bits per heavy atom. The summed E-state index contributed by atoms with van der Waals surface area (Å²) in [5.41, 5.74) is 0.553. The van der Waals surface area contributed by atoms with E-state index >= 15 is 0 Å². The first-order valence-corrected chi connectivity index (χ1v) is 6.87. The smallest absolute Gasteiger partial charge is 0.124 e. The van der Waals surface area contributed by atoms with Gasteiger partial charge in [-0.2, -0.15) is 0 Å². The molecular weight excluding hydrogens is 348 g/mol. The van der Waals surface area contributed by atoms with Crippen molar-refractivity contribution in [2.24, 2.45) is 0 Å². The number of aliphatic hydroxyl groups excluding tert-OH is 1. The highest BCUT2D eigenvalue weighted by Gasteiger charge is 2.13. The number of halogens is 2. The van der Waals surface area contributed by atoms with Crippen LogP contribution in [0.5, 0.6) is 0 Å². The minimum Gasteiger partial charge on any atom is -0.389 e. The Kier molecular flexibility index (Phi) is 5.81. The third-order valence-corrected chi connectivity index (χ3v) is 3.06. The summed E-state index contributed by atoms with van der Waals surface area (Å²) < 4.78 is 19.2. The quantitative estimate of drug-likeness (QED) is 0.787. The molecule has 1 rings (SSSR count). The Bertz CT molecular complexity index is 393. The van der Waals surface area contributed by atoms with Crippen LogP contribution in [0.1, 0.15) is 20.8 Å². The number of benzene rings is 1. The van der Waals surface area contributed by atoms with Crippen LogP contribution >= 0.6 is 22.6 Å². The zero-order chi connectivity index (χ0) is 13.8. The lowest BCUT2D eigenvalue weighted by molar-refractivity contribution is -0.0449. The number of hydrogen-bond donors (Lipinski definition) is 2. The molecule has 0 aliphatic carbocycles. The summed E-state index contributed by atoms with van der Waals surface area (Å²) in [5.74, 6) is -0.262. The van der Waals surface area contributed by atoms with Crippen molar-refractivity contribution in [1.82, 2.24) is 0 Å². The molecule has 1 atom stereocenters. The third-order valence-electron chi connectivity index (χ3n) is 2.17. The molecule has 1 aromatic rings. The van der Waals surface area contributed by atoms with Gasteiger partial charge in [-0.15, -0.1) is 0 Å². The SMILES string of the molecule is CC(C)(C)OCC(O)CNc1ccc(F)cc1I. The number of nitrogens with one attached hydrogen (secondary N) is 1. The van der Waals surface area contributed by atoms with E-state index in [-0.39, 0.29) is 18.0 Å². The van der Waals surface area contributed by atoms with Gasteiger partial charge < -0.3 is 15.2 Å². The molecule has 0 fully saturated rings. The second kappa shape index (κ2) is 6.68. The first-order chi connectivity index (χ1) is 8.28. The van der Waals surface area contributed by atoms with E-state index in [1.165, 1.54) is 12.1 Å². The van der Waals surface area contributed by atoms with Crippen LogP contribution < -0.4 is 5.32 Å². The van der Waals surface area contributed by atoms with Crippen LogP contribution in [0.4, 0.5) is 10.1 Å². The summed E-state index contributed by atoms with van der Waals surface area (Å²) in [6.07, 6.45) is -0.593. The molecule has 2 N–H and O–H groups in total. The van der Waals surface area contributed by atoms with Crippen molar-refractivity contribution >= 4 is 28.3 Å². The number of rotatable bonds is 5. The Labute approximate surface area is 121 Å². The number of ether oxygens (including phenoxy) is 1. The summed E-state index contributed by atoms with van der Waals surface area (Å²) in [4.78, 5) is 0. The van der Waals surface area contributed by atoms with Crippen molar-refractivity contribution in [3.63, 3.8) is 0 Å². The molecule has 0 heterocycles. The van der Waals surface area contributed by atoms with Crippen molar-refractivity contribution < 1.29 is 14.2 Å². The van der Waals surface area contributed by atoms with E-state index in [0.717, 1.165) is 9.26 Å². The molecule has 0 radical (unpaired) electrons. The van der Waals surface area contributed by atoms with Gasteiger partial charge in [-0.1, -0.05) is 0 Å². The molecule has 0 aliphatic heterocycles. The second-order valence-electron chi connectivity index (χ2n) is 5.08. The average Bonchev–Trinajstić information content (AvgIpc) is 2.24. The highest BCUT2D eigenvalue weighted by molar-refractivity contribution is 14.1. The maximum absolute atomic E-state index is 12.9. The van der Waals surface area contributed by atoms with Gasteiger partial charge in [-0.05, 0) is 61.6 Å². The van der Waals surface area contributed by atoms with Gasteiger partial charge in [0, 0.05) is 15.8 Å². The Hall–Kier alpha value is -0.400. The molecule has 0 aliphatic rings. The molecule has 0 bridgehead atoms. The summed E-state index contributed by atoms with van der Waals surface area (Å²) in [5, 5.41) is 12.8. The number of hydrogen-bond acceptors (Lipinski definition) is 3. The van der Waals surface area contributed by atoms with Gasteiger partial charge in [0.2, 0.25) is 0 Å². The summed E-state index contributed by atoms with van der Waals surface area (Å²) in [7, 11) is 0. The maximum atomic E-state index is 12.9. The van der Waals surface area contributed by atoms with E-state index in [4.69, 9.17) is 4.74 Å². The van der Waals surface area contributed by atoms with Crippen LogP contribution in [-0.4, -0.2) is 30.0 Å². The van der Waals surface area contributed by atoms with Crippen molar-refractivity contribution in [3.8, 4) is 0 Å². The lowest BCUT2D eigenvalue weighted by Gasteiger charge is -2.22. The summed E-state index contributed by atoms with van der Waals surface area (Å²) >= 11 is 2.05. The predicted octanol–water partition coefficient (Wildman–Crippen LogP) is 3.02. The van der Waals surface area contributed by atoms with Crippen molar-refractivity contribution in [3.05, 3.63) is 27.6 Å². The van der Waals surface area contributed by atoms with Crippen LogP contribution in [0.25, 0.3) is 0 Å².